The second kappa shape index (κ2) is 3.82. The summed E-state index contributed by atoms with van der Waals surface area (Å²) in [5.41, 5.74) is 0.668. The Morgan fingerprint density at radius 3 is 2.47 bits per heavy atom. The first-order chi connectivity index (χ1) is 8.25. The highest BCUT2D eigenvalue weighted by atomic mass is 35.5. The van der Waals surface area contributed by atoms with E-state index in [1.165, 1.54) is 6.07 Å². The number of rotatable bonds is 1. The molecule has 0 saturated carbocycles. The summed E-state index contributed by atoms with van der Waals surface area (Å²) in [6, 6.07) is 10.1. The Hall–Kier alpha value is -1.94. The Morgan fingerprint density at radius 1 is 1.00 bits per heavy atom. The molecule has 5 heteroatoms. The third-order valence-corrected chi connectivity index (χ3v) is 2.65. The molecule has 0 saturated heterocycles. The smallest absolute Gasteiger partial charge is 0.313 e. The molecule has 2 aromatic carbocycles. The molecule has 1 heterocycles. The molecule has 84 valence electrons. The van der Waals surface area contributed by atoms with Gasteiger partial charge in [0.15, 0.2) is 0 Å². The molecular weight excluding hydrogens is 243 g/mol. The van der Waals surface area contributed by atoms with Gasteiger partial charge in [-0.25, -0.2) is 4.39 Å². The number of fused-ring (bicyclic) bond motifs is 1. The highest BCUT2D eigenvalue weighted by molar-refractivity contribution is 6.27. The third kappa shape index (κ3) is 1.66. The molecule has 0 aliphatic rings. The van der Waals surface area contributed by atoms with Gasteiger partial charge in [-0.3, -0.25) is 0 Å². The number of benzene rings is 2. The minimum absolute atomic E-state index is 0.0339. The molecule has 3 nitrogen and oxygen atoms in total. The van der Waals surface area contributed by atoms with Gasteiger partial charge < -0.3 is 4.42 Å². The molecular formula is C12H6ClFN2O. The molecule has 0 spiro atoms. The van der Waals surface area contributed by atoms with Crippen molar-refractivity contribution in [2.24, 2.45) is 0 Å². The second-order valence-electron chi connectivity index (χ2n) is 3.50. The Balaban J connectivity index is 2.34. The topological polar surface area (TPSA) is 38.9 Å². The maximum Gasteiger partial charge on any atom is 0.313 e. The summed E-state index contributed by atoms with van der Waals surface area (Å²) in [6.07, 6.45) is 0. The molecule has 0 unspecified atom stereocenters. The van der Waals surface area contributed by atoms with Crippen LogP contribution in [0.4, 0.5) is 4.39 Å². The molecule has 0 radical (unpaired) electrons. The molecule has 0 aliphatic carbocycles. The molecule has 0 atom stereocenters. The monoisotopic (exact) mass is 248 g/mol. The lowest BCUT2D eigenvalue weighted by molar-refractivity contribution is 0.571. The van der Waals surface area contributed by atoms with Crippen molar-refractivity contribution < 1.29 is 8.81 Å². The van der Waals surface area contributed by atoms with Gasteiger partial charge >= 0.3 is 5.35 Å². The summed E-state index contributed by atoms with van der Waals surface area (Å²) < 4.78 is 18.7. The first-order valence-corrected chi connectivity index (χ1v) is 5.30. The van der Waals surface area contributed by atoms with E-state index in [0.717, 1.165) is 0 Å². The van der Waals surface area contributed by atoms with Crippen LogP contribution in [0.1, 0.15) is 0 Å². The maximum atomic E-state index is 13.6. The van der Waals surface area contributed by atoms with Gasteiger partial charge in [0.25, 0.3) is 0 Å². The summed E-state index contributed by atoms with van der Waals surface area (Å²) in [5, 5.41) is 8.57. The van der Waals surface area contributed by atoms with E-state index in [9.17, 15) is 4.39 Å². The summed E-state index contributed by atoms with van der Waals surface area (Å²) >= 11 is 5.58. The molecule has 0 bridgehead atoms. The molecule has 17 heavy (non-hydrogen) atoms. The Morgan fingerprint density at radius 2 is 1.76 bits per heavy atom. The molecule has 0 fully saturated rings. The predicted molar refractivity (Wildman–Crippen MR) is 62.2 cm³/mol. The van der Waals surface area contributed by atoms with Crippen molar-refractivity contribution in [1.29, 1.82) is 0 Å². The summed E-state index contributed by atoms with van der Waals surface area (Å²) in [5.74, 6) is 0.00108. The molecule has 1 aromatic heterocycles. The van der Waals surface area contributed by atoms with Gasteiger partial charge in [-0.1, -0.05) is 29.4 Å². The van der Waals surface area contributed by atoms with Crippen LogP contribution in [-0.2, 0) is 0 Å². The van der Waals surface area contributed by atoms with Gasteiger partial charge in [-0.05, 0) is 29.1 Å². The first-order valence-electron chi connectivity index (χ1n) is 4.92. The van der Waals surface area contributed by atoms with E-state index in [0.29, 0.717) is 16.3 Å². The van der Waals surface area contributed by atoms with Gasteiger partial charge in [-0.15, -0.1) is 5.10 Å². The molecule has 0 N–H and O–H groups in total. The van der Waals surface area contributed by atoms with E-state index in [4.69, 9.17) is 16.0 Å². The van der Waals surface area contributed by atoms with Crippen LogP contribution in [0.2, 0.25) is 5.35 Å². The summed E-state index contributed by atoms with van der Waals surface area (Å²) in [6.45, 7) is 0. The fourth-order valence-electron chi connectivity index (χ4n) is 1.76. The Kier molecular flexibility index (Phi) is 2.30. The van der Waals surface area contributed by atoms with Crippen molar-refractivity contribution in [1.82, 2.24) is 10.2 Å². The van der Waals surface area contributed by atoms with Crippen LogP contribution in [0.5, 0.6) is 0 Å². The lowest BCUT2D eigenvalue weighted by atomic mass is 10.0. The average Bonchev–Trinajstić information content (AvgIpc) is 2.77. The van der Waals surface area contributed by atoms with Crippen LogP contribution in [0.25, 0.3) is 22.2 Å². The van der Waals surface area contributed by atoms with Gasteiger partial charge in [-0.2, -0.15) is 0 Å². The van der Waals surface area contributed by atoms with E-state index < -0.39 is 0 Å². The van der Waals surface area contributed by atoms with E-state index in [2.05, 4.69) is 10.2 Å². The average molecular weight is 249 g/mol. The molecule has 0 amide bonds. The van der Waals surface area contributed by atoms with Gasteiger partial charge in [0, 0.05) is 10.9 Å². The number of aromatic nitrogens is 2. The minimum atomic E-state index is -0.282. The van der Waals surface area contributed by atoms with E-state index in [1.54, 1.807) is 24.3 Å². The van der Waals surface area contributed by atoms with E-state index >= 15 is 0 Å². The molecule has 0 aliphatic heterocycles. The largest absolute Gasteiger partial charge is 0.407 e. The van der Waals surface area contributed by atoms with E-state index in [1.807, 2.05) is 6.07 Å². The van der Waals surface area contributed by atoms with Gasteiger partial charge in [0.2, 0.25) is 5.89 Å². The number of halogens is 2. The predicted octanol–water partition coefficient (Wildman–Crippen LogP) is 3.68. The van der Waals surface area contributed by atoms with Gasteiger partial charge in [0.1, 0.15) is 5.82 Å². The minimum Gasteiger partial charge on any atom is -0.407 e. The lowest BCUT2D eigenvalue weighted by Gasteiger charge is -2.03. The second-order valence-corrected chi connectivity index (χ2v) is 3.82. The SMILES string of the molecule is Fc1ccc(-c2nnc(Cl)o2)c2ccccc12. The first kappa shape index (κ1) is 10.2. The van der Waals surface area contributed by atoms with Crippen molar-refractivity contribution >= 4 is 22.4 Å². The fraction of sp³-hybridized carbons (Fsp3) is 0. The molecule has 3 rings (SSSR count). The third-order valence-electron chi connectivity index (χ3n) is 2.50. The van der Waals surface area contributed by atoms with Crippen LogP contribution < -0.4 is 0 Å². The van der Waals surface area contributed by atoms with Gasteiger partial charge in [0.05, 0.1) is 0 Å². The normalized spacial score (nSPS) is 10.9. The Bertz CT molecular complexity index is 696. The lowest BCUT2D eigenvalue weighted by Crippen LogP contribution is -1.85. The van der Waals surface area contributed by atoms with Crippen molar-refractivity contribution in [3.63, 3.8) is 0 Å². The summed E-state index contributed by atoms with van der Waals surface area (Å²) in [7, 11) is 0. The van der Waals surface area contributed by atoms with Crippen molar-refractivity contribution in [3.8, 4) is 11.5 Å². The van der Waals surface area contributed by atoms with Crippen molar-refractivity contribution in [2.45, 2.75) is 0 Å². The number of nitrogens with zero attached hydrogens (tertiary/aromatic N) is 2. The van der Waals surface area contributed by atoms with Crippen LogP contribution >= 0.6 is 11.6 Å². The quantitative estimate of drug-likeness (QED) is 0.659. The number of hydrogen-bond acceptors (Lipinski definition) is 3. The highest BCUT2D eigenvalue weighted by Crippen LogP contribution is 2.29. The zero-order valence-corrected chi connectivity index (χ0v) is 9.28. The van der Waals surface area contributed by atoms with Crippen LogP contribution in [0.3, 0.4) is 0 Å². The van der Waals surface area contributed by atoms with Crippen LogP contribution in [0, 0.1) is 5.82 Å². The zero-order chi connectivity index (χ0) is 11.8. The Labute approximate surface area is 101 Å². The number of hydrogen-bond donors (Lipinski definition) is 0. The van der Waals surface area contributed by atoms with Crippen molar-refractivity contribution in [3.05, 3.63) is 47.6 Å². The van der Waals surface area contributed by atoms with Crippen LogP contribution in [0.15, 0.2) is 40.8 Å². The standard InChI is InChI=1S/C12H6ClFN2O/c13-12-16-15-11(17-12)9-5-6-10(14)8-4-2-1-3-7(8)9/h1-6H. The van der Waals surface area contributed by atoms with Crippen LogP contribution in [-0.4, -0.2) is 10.2 Å². The summed E-state index contributed by atoms with van der Waals surface area (Å²) in [4.78, 5) is 0. The van der Waals surface area contributed by atoms with E-state index in [-0.39, 0.29) is 17.1 Å². The maximum absolute atomic E-state index is 13.6. The molecule has 3 aromatic rings. The zero-order valence-electron chi connectivity index (χ0n) is 8.52. The fourth-order valence-corrected chi connectivity index (χ4v) is 1.87. The highest BCUT2D eigenvalue weighted by Gasteiger charge is 2.12. The van der Waals surface area contributed by atoms with Crippen molar-refractivity contribution in [2.75, 3.05) is 0 Å².